The Morgan fingerprint density at radius 3 is 2.19 bits per heavy atom. The molecule has 1 rings (SSSR count). The van der Waals surface area contributed by atoms with Crippen molar-refractivity contribution < 1.29 is 31.9 Å². The van der Waals surface area contributed by atoms with E-state index in [-0.39, 0.29) is 31.6 Å². The van der Waals surface area contributed by atoms with E-state index in [0.717, 1.165) is 5.57 Å². The van der Waals surface area contributed by atoms with Crippen LogP contribution in [0.1, 0.15) is 50.9 Å². The second-order valence-electron chi connectivity index (χ2n) is 6.04. The molecule has 1 aromatic carbocycles. The van der Waals surface area contributed by atoms with E-state index in [9.17, 15) is 9.36 Å². The number of carbonyl (C=O) groups excluding carboxylic acids is 1. The van der Waals surface area contributed by atoms with Crippen molar-refractivity contribution in [2.24, 2.45) is 0 Å². The molecule has 0 spiro atoms. The quantitative estimate of drug-likeness (QED) is 0.264. The van der Waals surface area contributed by atoms with Crippen LogP contribution in [0.3, 0.4) is 0 Å². The lowest BCUT2D eigenvalue weighted by Gasteiger charge is -2.31. The fourth-order valence-electron chi connectivity index (χ4n) is 2.32. The molecule has 0 bridgehead atoms. The molecule has 5 nitrogen and oxygen atoms in total. The normalized spacial score (nSPS) is 13.1. The summed E-state index contributed by atoms with van der Waals surface area (Å²) in [7, 11) is -4.82. The van der Waals surface area contributed by atoms with Gasteiger partial charge in [0.05, 0.1) is 18.8 Å². The van der Waals surface area contributed by atoms with Crippen molar-refractivity contribution in [2.45, 2.75) is 52.3 Å². The lowest BCUT2D eigenvalue weighted by molar-refractivity contribution is -0.0799. The van der Waals surface area contributed by atoms with E-state index in [2.05, 4.69) is 0 Å². The molecule has 0 saturated heterocycles. The van der Waals surface area contributed by atoms with Crippen LogP contribution < -0.4 is 0 Å². The van der Waals surface area contributed by atoms with Crippen LogP contribution in [0.25, 0.3) is 0 Å². The van der Waals surface area contributed by atoms with Crippen LogP contribution in [0.5, 0.6) is 0 Å². The first kappa shape index (κ1) is 23.5. The molecule has 0 N–H and O–H groups in total. The van der Waals surface area contributed by atoms with Crippen molar-refractivity contribution >= 4 is 13.6 Å². The Kier molecular flexibility index (Phi) is 9.30. The average molecular weight is 404 g/mol. The molecule has 0 unspecified atom stereocenters. The molecule has 0 saturated carbocycles. The highest BCUT2D eigenvalue weighted by Gasteiger charge is 2.60. The van der Waals surface area contributed by atoms with Gasteiger partial charge < -0.3 is 13.8 Å². The van der Waals surface area contributed by atoms with Gasteiger partial charge in [0.1, 0.15) is 0 Å². The molecule has 0 amide bonds. The molecule has 0 heterocycles. The zero-order valence-electron chi connectivity index (χ0n) is 16.1. The molecular formula is C19H27F2O5P. The van der Waals surface area contributed by atoms with Crippen LogP contribution in [0, 0.1) is 0 Å². The average Bonchev–Trinajstić information content (AvgIpc) is 2.61. The van der Waals surface area contributed by atoms with Gasteiger partial charge in [0, 0.05) is 0 Å². The fraction of sp³-hybridized carbons (Fsp3) is 0.526. The number of carbonyl (C=O) groups is 1. The smallest absolute Gasteiger partial charge is 0.403 e. The number of allylic oxidation sites excluding steroid dienone is 2. The predicted octanol–water partition coefficient (Wildman–Crippen LogP) is 5.82. The molecule has 1 aromatic rings. The number of hydrogen-bond donors (Lipinski definition) is 0. The van der Waals surface area contributed by atoms with Crippen LogP contribution in [-0.4, -0.2) is 31.0 Å². The standard InChI is InChI=1S/C19H27F2O5P/c1-5-24-27(23,25-6-2)19(20,21)17(14-10-11-15(3)4)26-18(22)16-12-8-7-9-13-16/h7-9,11-13,17H,5-6,10,14H2,1-4H3/t17-/m1/s1. The molecule has 1 atom stereocenters. The number of alkyl halides is 2. The Labute approximate surface area is 159 Å². The van der Waals surface area contributed by atoms with Crippen molar-refractivity contribution in [2.75, 3.05) is 13.2 Å². The lowest BCUT2D eigenvalue weighted by atomic mass is 10.1. The third-order valence-corrected chi connectivity index (χ3v) is 5.81. The molecule has 27 heavy (non-hydrogen) atoms. The molecule has 0 aliphatic rings. The topological polar surface area (TPSA) is 61.8 Å². The zero-order chi connectivity index (χ0) is 20.5. The van der Waals surface area contributed by atoms with E-state index in [4.69, 9.17) is 13.8 Å². The molecule has 0 aliphatic heterocycles. The predicted molar refractivity (Wildman–Crippen MR) is 100 cm³/mol. The summed E-state index contributed by atoms with van der Waals surface area (Å²) in [6.45, 7) is 6.09. The third kappa shape index (κ3) is 6.52. The highest BCUT2D eigenvalue weighted by molar-refractivity contribution is 7.55. The Bertz CT molecular complexity index is 662. The Morgan fingerprint density at radius 2 is 1.70 bits per heavy atom. The molecule has 152 valence electrons. The maximum atomic E-state index is 15.1. The third-order valence-electron chi connectivity index (χ3n) is 3.59. The van der Waals surface area contributed by atoms with Gasteiger partial charge in [0.15, 0.2) is 6.10 Å². The van der Waals surface area contributed by atoms with Gasteiger partial charge in [-0.25, -0.2) is 4.79 Å². The van der Waals surface area contributed by atoms with Gasteiger partial charge in [-0.3, -0.25) is 4.57 Å². The number of benzene rings is 1. The van der Waals surface area contributed by atoms with Gasteiger partial charge in [-0.1, -0.05) is 29.8 Å². The summed E-state index contributed by atoms with van der Waals surface area (Å²) >= 11 is 0. The SMILES string of the molecule is CCOP(=O)(OCC)C(F)(F)[C@@H](CCC=C(C)C)OC(=O)c1ccccc1. The Balaban J connectivity index is 3.15. The minimum absolute atomic E-state index is 0.128. The van der Waals surface area contributed by atoms with Gasteiger partial charge in [-0.05, 0) is 52.7 Å². The molecule has 8 heteroatoms. The van der Waals surface area contributed by atoms with Crippen molar-refractivity contribution in [1.82, 2.24) is 0 Å². The number of rotatable bonds is 11. The fourth-order valence-corrected chi connectivity index (χ4v) is 3.96. The van der Waals surface area contributed by atoms with Crippen LogP contribution >= 0.6 is 7.60 Å². The van der Waals surface area contributed by atoms with Crippen molar-refractivity contribution in [3.63, 3.8) is 0 Å². The first-order valence-corrected chi connectivity index (χ1v) is 10.4. The Morgan fingerprint density at radius 1 is 1.15 bits per heavy atom. The summed E-state index contributed by atoms with van der Waals surface area (Å²) in [6.07, 6.45) is -0.208. The largest absolute Gasteiger partial charge is 0.452 e. The minimum atomic E-state index is -4.82. The van der Waals surface area contributed by atoms with Gasteiger partial charge in [-0.15, -0.1) is 0 Å². The highest BCUT2D eigenvalue weighted by Crippen LogP contribution is 2.64. The number of halogens is 2. The number of hydrogen-bond acceptors (Lipinski definition) is 5. The van der Waals surface area contributed by atoms with E-state index >= 15 is 8.78 Å². The highest BCUT2D eigenvalue weighted by atomic mass is 31.2. The first-order valence-electron chi connectivity index (χ1n) is 8.84. The Hall–Kier alpha value is -1.56. The van der Waals surface area contributed by atoms with Crippen molar-refractivity contribution in [3.8, 4) is 0 Å². The van der Waals surface area contributed by atoms with Gasteiger partial charge in [0.2, 0.25) is 0 Å². The molecule has 0 radical (unpaired) electrons. The van der Waals surface area contributed by atoms with Crippen LogP contribution in [0.2, 0.25) is 0 Å². The maximum absolute atomic E-state index is 15.1. The molecule has 0 aliphatic carbocycles. The van der Waals surface area contributed by atoms with Gasteiger partial charge >= 0.3 is 19.2 Å². The summed E-state index contributed by atoms with van der Waals surface area (Å²) < 4.78 is 57.6. The first-order chi connectivity index (χ1) is 12.7. The summed E-state index contributed by atoms with van der Waals surface area (Å²) in [5.41, 5.74) is -2.92. The van der Waals surface area contributed by atoms with E-state index in [1.165, 1.54) is 26.0 Å². The molecule has 0 fully saturated rings. The van der Waals surface area contributed by atoms with Gasteiger partial charge in [0.25, 0.3) is 0 Å². The van der Waals surface area contributed by atoms with Gasteiger partial charge in [-0.2, -0.15) is 8.78 Å². The summed E-state index contributed by atoms with van der Waals surface area (Å²) in [6, 6.07) is 7.79. The van der Waals surface area contributed by atoms with Crippen molar-refractivity contribution in [1.29, 1.82) is 0 Å². The van der Waals surface area contributed by atoms with Crippen LogP contribution in [0.15, 0.2) is 42.0 Å². The maximum Gasteiger partial charge on any atom is 0.403 e. The number of ether oxygens (including phenoxy) is 1. The molecular weight excluding hydrogens is 377 g/mol. The van der Waals surface area contributed by atoms with E-state index in [1.807, 2.05) is 13.8 Å². The monoisotopic (exact) mass is 404 g/mol. The second-order valence-corrected chi connectivity index (χ2v) is 8.15. The second kappa shape index (κ2) is 10.7. The summed E-state index contributed by atoms with van der Waals surface area (Å²) in [4.78, 5) is 12.3. The lowest BCUT2D eigenvalue weighted by Crippen LogP contribution is -2.38. The zero-order valence-corrected chi connectivity index (χ0v) is 17.0. The van der Waals surface area contributed by atoms with E-state index in [0.29, 0.717) is 0 Å². The summed E-state index contributed by atoms with van der Waals surface area (Å²) in [5, 5.41) is 0. The molecule has 0 aromatic heterocycles. The number of esters is 1. The van der Waals surface area contributed by atoms with E-state index in [1.54, 1.807) is 24.3 Å². The minimum Gasteiger partial charge on any atom is -0.452 e. The van der Waals surface area contributed by atoms with E-state index < -0.39 is 25.3 Å². The van der Waals surface area contributed by atoms with Crippen LogP contribution in [0.4, 0.5) is 8.78 Å². The van der Waals surface area contributed by atoms with Crippen molar-refractivity contribution in [3.05, 3.63) is 47.5 Å². The van der Waals surface area contributed by atoms with Crippen LogP contribution in [-0.2, 0) is 18.3 Å². The summed E-state index contributed by atoms with van der Waals surface area (Å²) in [5.74, 6) is -0.919.